The van der Waals surface area contributed by atoms with Crippen molar-refractivity contribution in [1.29, 1.82) is 0 Å². The maximum atomic E-state index is 4.96. The van der Waals surface area contributed by atoms with Crippen molar-refractivity contribution in [3.8, 4) is 0 Å². The topological polar surface area (TPSA) is 77.3 Å². The molecular formula is C24H10Br2N6. The van der Waals surface area contributed by atoms with Crippen LogP contribution in [0.5, 0.6) is 0 Å². The molecule has 7 rings (SSSR count). The Hall–Kier alpha value is -3.36. The highest BCUT2D eigenvalue weighted by Crippen LogP contribution is 2.34. The minimum absolute atomic E-state index is 0.664. The van der Waals surface area contributed by atoms with E-state index in [0.29, 0.717) is 33.1 Å². The van der Waals surface area contributed by atoms with Gasteiger partial charge in [0.05, 0.1) is 33.1 Å². The Morgan fingerprint density at radius 1 is 0.375 bits per heavy atom. The first kappa shape index (κ1) is 18.2. The molecule has 0 aliphatic rings. The van der Waals surface area contributed by atoms with Crippen LogP contribution in [-0.4, -0.2) is 29.9 Å². The van der Waals surface area contributed by atoms with E-state index in [-0.39, 0.29) is 0 Å². The molecule has 0 amide bonds. The van der Waals surface area contributed by atoms with Gasteiger partial charge in [-0.3, -0.25) is 0 Å². The molecule has 3 heterocycles. The van der Waals surface area contributed by atoms with E-state index < -0.39 is 0 Å². The van der Waals surface area contributed by atoms with Crippen LogP contribution in [0.3, 0.4) is 0 Å². The fourth-order valence-corrected chi connectivity index (χ4v) is 4.71. The molecule has 0 fully saturated rings. The predicted molar refractivity (Wildman–Crippen MR) is 134 cm³/mol. The van der Waals surface area contributed by atoms with Gasteiger partial charge in [0.2, 0.25) is 0 Å². The number of hydrogen-bond donors (Lipinski definition) is 0. The standard InChI is InChI=1S/C24H10Br2N6/c25-11-9-17-18(10-12(11)26)32-24-22-20(28-14-6-2-4-8-16(14)30-22)19-21(23(24)31-17)29-15-7-3-1-5-13(15)27-19/h1-10H. The number of hydrogen-bond acceptors (Lipinski definition) is 6. The van der Waals surface area contributed by atoms with Crippen molar-refractivity contribution in [3.63, 3.8) is 0 Å². The number of benzene rings is 4. The lowest BCUT2D eigenvalue weighted by molar-refractivity contribution is 1.33. The maximum Gasteiger partial charge on any atom is 0.120 e. The van der Waals surface area contributed by atoms with Gasteiger partial charge in [0, 0.05) is 8.95 Å². The van der Waals surface area contributed by atoms with Gasteiger partial charge in [-0.2, -0.15) is 0 Å². The van der Waals surface area contributed by atoms with E-state index in [1.165, 1.54) is 0 Å². The van der Waals surface area contributed by atoms with Crippen LogP contribution < -0.4 is 0 Å². The van der Waals surface area contributed by atoms with Gasteiger partial charge in [-0.25, -0.2) is 29.9 Å². The first-order chi connectivity index (χ1) is 15.7. The Balaban J connectivity index is 1.80. The second-order valence-electron chi connectivity index (χ2n) is 7.49. The Bertz CT molecular complexity index is 1780. The van der Waals surface area contributed by atoms with Crippen LogP contribution in [0.4, 0.5) is 0 Å². The second kappa shape index (κ2) is 6.57. The molecule has 7 aromatic rings. The van der Waals surface area contributed by atoms with Gasteiger partial charge in [0.25, 0.3) is 0 Å². The smallest absolute Gasteiger partial charge is 0.120 e. The van der Waals surface area contributed by atoms with Crippen molar-refractivity contribution in [1.82, 2.24) is 29.9 Å². The molecule has 6 nitrogen and oxygen atoms in total. The fraction of sp³-hybridized carbons (Fsp3) is 0. The van der Waals surface area contributed by atoms with Crippen molar-refractivity contribution >= 4 is 98.1 Å². The van der Waals surface area contributed by atoms with Crippen molar-refractivity contribution in [2.24, 2.45) is 0 Å². The van der Waals surface area contributed by atoms with Crippen molar-refractivity contribution < 1.29 is 0 Å². The van der Waals surface area contributed by atoms with Crippen LogP contribution in [0, 0.1) is 0 Å². The zero-order valence-electron chi connectivity index (χ0n) is 16.2. The van der Waals surface area contributed by atoms with Crippen LogP contribution in [0.2, 0.25) is 0 Å². The second-order valence-corrected chi connectivity index (χ2v) is 9.20. The molecule has 8 heteroatoms. The summed E-state index contributed by atoms with van der Waals surface area (Å²) >= 11 is 7.13. The summed E-state index contributed by atoms with van der Waals surface area (Å²) in [6.07, 6.45) is 0. The van der Waals surface area contributed by atoms with Gasteiger partial charge < -0.3 is 0 Å². The van der Waals surface area contributed by atoms with Crippen LogP contribution in [0.1, 0.15) is 0 Å². The molecule has 0 aliphatic carbocycles. The molecule has 3 aromatic heterocycles. The van der Waals surface area contributed by atoms with E-state index >= 15 is 0 Å². The third kappa shape index (κ3) is 2.56. The minimum atomic E-state index is 0.664. The molecule has 0 bridgehead atoms. The SMILES string of the molecule is Brc1cc2nc3c4nc5ccccc5nc4c4nc5ccccc5nc4c3nc2cc1Br. The van der Waals surface area contributed by atoms with E-state index in [9.17, 15) is 0 Å². The summed E-state index contributed by atoms with van der Waals surface area (Å²) in [6, 6.07) is 19.5. The molecule has 0 N–H and O–H groups in total. The number of halogens is 2. The lowest BCUT2D eigenvalue weighted by Gasteiger charge is -2.10. The molecule has 0 saturated carbocycles. The first-order valence-corrected chi connectivity index (χ1v) is 11.5. The van der Waals surface area contributed by atoms with Crippen LogP contribution in [-0.2, 0) is 0 Å². The van der Waals surface area contributed by atoms with E-state index in [1.807, 2.05) is 60.7 Å². The van der Waals surface area contributed by atoms with Crippen molar-refractivity contribution in [2.75, 3.05) is 0 Å². The summed E-state index contributed by atoms with van der Waals surface area (Å²) in [6.45, 7) is 0. The summed E-state index contributed by atoms with van der Waals surface area (Å²) in [4.78, 5) is 29.6. The predicted octanol–water partition coefficient (Wildman–Crippen LogP) is 6.50. The lowest BCUT2D eigenvalue weighted by atomic mass is 10.1. The first-order valence-electron chi connectivity index (χ1n) is 9.87. The molecule has 0 spiro atoms. The van der Waals surface area contributed by atoms with Crippen LogP contribution in [0.25, 0.3) is 66.2 Å². The van der Waals surface area contributed by atoms with Crippen molar-refractivity contribution in [2.45, 2.75) is 0 Å². The van der Waals surface area contributed by atoms with Crippen molar-refractivity contribution in [3.05, 3.63) is 69.6 Å². The number of para-hydroxylation sites is 4. The van der Waals surface area contributed by atoms with Crippen LogP contribution in [0.15, 0.2) is 69.6 Å². The highest BCUT2D eigenvalue weighted by atomic mass is 79.9. The molecule has 0 unspecified atom stereocenters. The Morgan fingerprint density at radius 2 is 0.625 bits per heavy atom. The van der Waals surface area contributed by atoms with Gasteiger partial charge in [-0.15, -0.1) is 0 Å². The average molecular weight is 542 g/mol. The Kier molecular flexibility index (Phi) is 3.74. The van der Waals surface area contributed by atoms with Gasteiger partial charge in [-0.05, 0) is 68.3 Å². The third-order valence-corrected chi connectivity index (χ3v) is 7.36. The summed E-state index contributed by atoms with van der Waals surface area (Å²) in [5.74, 6) is 0. The summed E-state index contributed by atoms with van der Waals surface area (Å²) < 4.78 is 1.82. The Morgan fingerprint density at radius 3 is 0.906 bits per heavy atom. The number of fused-ring (bicyclic) bond motifs is 9. The quantitative estimate of drug-likeness (QED) is 0.161. The monoisotopic (exact) mass is 540 g/mol. The highest BCUT2D eigenvalue weighted by molar-refractivity contribution is 9.13. The van der Waals surface area contributed by atoms with Gasteiger partial charge >= 0.3 is 0 Å². The highest BCUT2D eigenvalue weighted by Gasteiger charge is 2.19. The normalized spacial score (nSPS) is 12.1. The number of aromatic nitrogens is 6. The fourth-order valence-electron chi connectivity index (χ4n) is 4.04. The largest absolute Gasteiger partial charge is 0.242 e. The summed E-state index contributed by atoms with van der Waals surface area (Å²) in [5.41, 5.74) is 8.74. The van der Waals surface area contributed by atoms with Crippen LogP contribution >= 0.6 is 31.9 Å². The average Bonchev–Trinajstić information content (AvgIpc) is 2.82. The molecule has 0 aliphatic heterocycles. The number of nitrogens with zero attached hydrogens (tertiary/aromatic N) is 6. The van der Waals surface area contributed by atoms with Gasteiger partial charge in [0.1, 0.15) is 33.1 Å². The van der Waals surface area contributed by atoms with E-state index in [4.69, 9.17) is 29.9 Å². The zero-order chi connectivity index (χ0) is 21.4. The third-order valence-electron chi connectivity index (χ3n) is 5.52. The summed E-state index contributed by atoms with van der Waals surface area (Å²) in [5, 5.41) is 0. The molecule has 4 aromatic carbocycles. The molecule has 32 heavy (non-hydrogen) atoms. The Labute approximate surface area is 197 Å². The molecule has 0 saturated heterocycles. The van der Waals surface area contributed by atoms with E-state index in [0.717, 1.165) is 42.0 Å². The molecule has 0 radical (unpaired) electrons. The van der Waals surface area contributed by atoms with Gasteiger partial charge in [0.15, 0.2) is 0 Å². The van der Waals surface area contributed by atoms with E-state index in [2.05, 4.69) is 31.9 Å². The summed E-state index contributed by atoms with van der Waals surface area (Å²) in [7, 11) is 0. The van der Waals surface area contributed by atoms with E-state index in [1.54, 1.807) is 0 Å². The van der Waals surface area contributed by atoms with Gasteiger partial charge in [-0.1, -0.05) is 24.3 Å². The zero-order valence-corrected chi connectivity index (χ0v) is 19.4. The molecule has 0 atom stereocenters. The lowest BCUT2D eigenvalue weighted by Crippen LogP contribution is -1.99. The minimum Gasteiger partial charge on any atom is -0.242 e. The molecule has 150 valence electrons. The number of rotatable bonds is 0. The maximum absolute atomic E-state index is 4.96. The molecular weight excluding hydrogens is 532 g/mol.